The molecule has 0 aromatic heterocycles. The van der Waals surface area contributed by atoms with E-state index in [0.717, 1.165) is 12.8 Å². The van der Waals surface area contributed by atoms with Crippen LogP contribution in [-0.2, 0) is 0 Å². The molecule has 0 aromatic rings. The van der Waals surface area contributed by atoms with E-state index in [4.69, 9.17) is 0 Å². The lowest BCUT2D eigenvalue weighted by atomic mass is 10.1. The van der Waals surface area contributed by atoms with Gasteiger partial charge in [-0.2, -0.15) is 0 Å². The lowest BCUT2D eigenvalue weighted by Gasteiger charge is -1.96. The monoisotopic (exact) mass is 468 g/mol. The lowest BCUT2D eigenvalue weighted by molar-refractivity contribution is 0.967. The fraction of sp³-hybridized carbons (Fsp3) is 0.314. The molecule has 0 aliphatic carbocycles. The highest BCUT2D eigenvalue weighted by atomic mass is 13.9. The molecule has 0 aromatic carbocycles. The van der Waals surface area contributed by atoms with E-state index in [9.17, 15) is 0 Å². The maximum Gasteiger partial charge on any atom is -0.0285 e. The van der Waals surface area contributed by atoms with Crippen LogP contribution in [-0.4, -0.2) is 0 Å². The van der Waals surface area contributed by atoms with E-state index in [1.807, 2.05) is 0 Å². The third-order valence-corrected chi connectivity index (χ3v) is 4.89. The van der Waals surface area contributed by atoms with Crippen LogP contribution in [0.25, 0.3) is 0 Å². The minimum absolute atomic E-state index is 1.12. The van der Waals surface area contributed by atoms with Gasteiger partial charge in [-0.3, -0.25) is 0 Å². The zero-order valence-corrected chi connectivity index (χ0v) is 23.7. The van der Waals surface area contributed by atoms with Crippen molar-refractivity contribution in [3.05, 3.63) is 142 Å². The van der Waals surface area contributed by atoms with E-state index in [1.54, 1.807) is 0 Å². The number of hydrogen-bond acceptors (Lipinski definition) is 0. The quantitative estimate of drug-likeness (QED) is 0.186. The van der Waals surface area contributed by atoms with E-state index in [0.29, 0.717) is 0 Å². The Hall–Kier alpha value is -3.12. The molecular weight excluding hydrogens is 420 g/mol. The fourth-order valence-corrected chi connectivity index (χ4v) is 2.77. The molecule has 188 valence electrons. The summed E-state index contributed by atoms with van der Waals surface area (Å²) in [5.74, 6) is 0. The highest BCUT2D eigenvalue weighted by Gasteiger charge is 1.87. The van der Waals surface area contributed by atoms with Crippen molar-refractivity contribution >= 4 is 0 Å². The summed E-state index contributed by atoms with van der Waals surface area (Å²) in [4.78, 5) is 0. The minimum Gasteiger partial charge on any atom is -0.0856 e. The average molecular weight is 469 g/mol. The van der Waals surface area contributed by atoms with Gasteiger partial charge in [-0.05, 0) is 75.2 Å². The van der Waals surface area contributed by atoms with Crippen LogP contribution in [0.1, 0.15) is 75.2 Å². The van der Waals surface area contributed by atoms with Gasteiger partial charge >= 0.3 is 0 Å². The van der Waals surface area contributed by atoms with Crippen molar-refractivity contribution in [2.24, 2.45) is 0 Å². The van der Waals surface area contributed by atoms with Crippen molar-refractivity contribution < 1.29 is 0 Å². The zero-order chi connectivity index (χ0) is 26.5. The molecule has 0 heteroatoms. The molecule has 35 heavy (non-hydrogen) atoms. The van der Waals surface area contributed by atoms with Crippen molar-refractivity contribution in [1.29, 1.82) is 0 Å². The van der Waals surface area contributed by atoms with Crippen LogP contribution in [0.15, 0.2) is 142 Å². The predicted octanol–water partition coefficient (Wildman–Crippen LogP) is 11.2. The van der Waals surface area contributed by atoms with Crippen molar-refractivity contribution in [2.45, 2.75) is 75.2 Å². The van der Waals surface area contributed by atoms with Gasteiger partial charge < -0.3 is 0 Å². The first kappa shape index (κ1) is 31.9. The standard InChI is InChI=1S/C35H48/c1-29(2)17-12-21-33(7)25-14-23-31(5)19-10-11-20-32(6)24-15-27-35(9)28-16-26-34(8)22-13-18-30(3)4/h10-12,14-21,23-28H,13,22H2,1-9H3/b11-10+,21-12+,23-14+,24-15+,28-16+,31-19+,32-20+,33-25+,34-26+,35-27+. The molecule has 0 radical (unpaired) electrons. The Morgan fingerprint density at radius 2 is 0.771 bits per heavy atom. The molecule has 0 aliphatic rings. The summed E-state index contributed by atoms with van der Waals surface area (Å²) in [5.41, 5.74) is 9.00. The molecule has 0 atom stereocenters. The summed E-state index contributed by atoms with van der Waals surface area (Å²) in [7, 11) is 0. The number of rotatable bonds is 13. The molecule has 0 spiro atoms. The largest absolute Gasteiger partial charge is 0.0856 e. The van der Waals surface area contributed by atoms with Gasteiger partial charge in [0.1, 0.15) is 0 Å². The maximum atomic E-state index is 2.29. The Morgan fingerprint density at radius 1 is 0.400 bits per heavy atom. The summed E-state index contributed by atoms with van der Waals surface area (Å²) in [6.45, 7) is 19.2. The maximum absolute atomic E-state index is 2.29. The van der Waals surface area contributed by atoms with Gasteiger partial charge in [0.2, 0.25) is 0 Å². The van der Waals surface area contributed by atoms with Crippen molar-refractivity contribution in [3.8, 4) is 0 Å². The first-order chi connectivity index (χ1) is 16.6. The summed E-state index contributed by atoms with van der Waals surface area (Å²) in [6.07, 6.45) is 38.5. The Balaban J connectivity index is 4.68. The molecule has 0 nitrogen and oxygen atoms in total. The Kier molecular flexibility index (Phi) is 18.5. The minimum atomic E-state index is 1.12. The van der Waals surface area contributed by atoms with Gasteiger partial charge in [-0.15, -0.1) is 0 Å². The lowest BCUT2D eigenvalue weighted by Crippen LogP contribution is -1.76. The second kappa shape index (κ2) is 20.3. The average Bonchev–Trinajstić information content (AvgIpc) is 2.76. The predicted molar refractivity (Wildman–Crippen MR) is 163 cm³/mol. The van der Waals surface area contributed by atoms with Gasteiger partial charge in [0.15, 0.2) is 0 Å². The van der Waals surface area contributed by atoms with Crippen LogP contribution in [0, 0.1) is 0 Å². The number of allylic oxidation sites excluding steroid dienone is 24. The zero-order valence-electron chi connectivity index (χ0n) is 23.7. The van der Waals surface area contributed by atoms with E-state index in [1.165, 1.54) is 39.0 Å². The van der Waals surface area contributed by atoms with Crippen LogP contribution < -0.4 is 0 Å². The fourth-order valence-electron chi connectivity index (χ4n) is 2.77. The number of hydrogen-bond donors (Lipinski definition) is 0. The van der Waals surface area contributed by atoms with Gasteiger partial charge in [0.05, 0.1) is 0 Å². The van der Waals surface area contributed by atoms with Gasteiger partial charge in [0, 0.05) is 0 Å². The second-order valence-electron chi connectivity index (χ2n) is 9.54. The van der Waals surface area contributed by atoms with Gasteiger partial charge in [-0.25, -0.2) is 0 Å². The normalized spacial score (nSPS) is 14.9. The molecule has 0 N–H and O–H groups in total. The summed E-state index contributed by atoms with van der Waals surface area (Å²) >= 11 is 0. The molecule has 0 amide bonds. The molecule has 0 aliphatic heterocycles. The molecule has 0 heterocycles. The Bertz CT molecular complexity index is 988. The second-order valence-corrected chi connectivity index (χ2v) is 9.54. The van der Waals surface area contributed by atoms with E-state index < -0.39 is 0 Å². The van der Waals surface area contributed by atoms with Gasteiger partial charge in [0.25, 0.3) is 0 Å². The first-order valence-electron chi connectivity index (χ1n) is 12.6. The Morgan fingerprint density at radius 3 is 1.17 bits per heavy atom. The summed E-state index contributed by atoms with van der Waals surface area (Å²) in [6, 6.07) is 0. The third-order valence-electron chi connectivity index (χ3n) is 4.89. The molecule has 0 saturated heterocycles. The van der Waals surface area contributed by atoms with E-state index >= 15 is 0 Å². The van der Waals surface area contributed by atoms with Gasteiger partial charge in [-0.1, -0.05) is 142 Å². The van der Waals surface area contributed by atoms with Crippen LogP contribution in [0.3, 0.4) is 0 Å². The molecule has 0 fully saturated rings. The van der Waals surface area contributed by atoms with Crippen molar-refractivity contribution in [3.63, 3.8) is 0 Å². The molecular formula is C35H48. The summed E-state index contributed by atoms with van der Waals surface area (Å²) < 4.78 is 0. The molecule has 0 bridgehead atoms. The SMILES string of the molecule is CC(C)=C/C=C/C(C)=C/C=C/C(C)=C/C=C/C=C(C)/C=C/C=C(C)/C=C/C=C(\C)CCC=C(C)C. The van der Waals surface area contributed by atoms with E-state index in [2.05, 4.69) is 166 Å². The molecule has 0 saturated carbocycles. The van der Waals surface area contributed by atoms with Crippen molar-refractivity contribution in [2.75, 3.05) is 0 Å². The summed E-state index contributed by atoms with van der Waals surface area (Å²) in [5, 5.41) is 0. The van der Waals surface area contributed by atoms with Crippen LogP contribution in [0.2, 0.25) is 0 Å². The van der Waals surface area contributed by atoms with Crippen LogP contribution in [0.5, 0.6) is 0 Å². The Labute approximate surface area is 217 Å². The highest BCUT2D eigenvalue weighted by molar-refractivity contribution is 5.32. The molecule has 0 rings (SSSR count). The third kappa shape index (κ3) is 22.4. The highest BCUT2D eigenvalue weighted by Crippen LogP contribution is 2.08. The molecule has 0 unspecified atom stereocenters. The van der Waals surface area contributed by atoms with Crippen molar-refractivity contribution in [1.82, 2.24) is 0 Å². The topological polar surface area (TPSA) is 0 Å². The smallest absolute Gasteiger partial charge is 0.0285 e. The van der Waals surface area contributed by atoms with Crippen LogP contribution >= 0.6 is 0 Å². The van der Waals surface area contributed by atoms with Crippen LogP contribution in [0.4, 0.5) is 0 Å². The first-order valence-corrected chi connectivity index (χ1v) is 12.6. The van der Waals surface area contributed by atoms with E-state index in [-0.39, 0.29) is 0 Å².